The number of halogens is 2. The predicted molar refractivity (Wildman–Crippen MR) is 116 cm³/mol. The average Bonchev–Trinajstić information content (AvgIpc) is 3.08. The van der Waals surface area contributed by atoms with Crippen LogP contribution in [-0.4, -0.2) is 57.5 Å². The van der Waals surface area contributed by atoms with Crippen molar-refractivity contribution in [1.29, 1.82) is 0 Å². The van der Waals surface area contributed by atoms with Crippen molar-refractivity contribution in [1.82, 2.24) is 4.31 Å². The number of morpholine rings is 1. The number of nitrogens with one attached hydrogen (secondary N) is 1. The highest BCUT2D eigenvalue weighted by Crippen LogP contribution is 2.28. The average molecular weight is 476 g/mol. The monoisotopic (exact) mass is 475 g/mol. The number of thiophene rings is 1. The lowest BCUT2D eigenvalue weighted by molar-refractivity contribution is -0.116. The molecule has 1 saturated heterocycles. The molecule has 1 aliphatic heterocycles. The van der Waals surface area contributed by atoms with Gasteiger partial charge in [-0.25, -0.2) is 12.8 Å². The summed E-state index contributed by atoms with van der Waals surface area (Å²) in [5, 5.41) is 2.54. The number of benzene rings is 1. The molecular weight excluding hydrogens is 453 g/mol. The van der Waals surface area contributed by atoms with Crippen LogP contribution in [-0.2, 0) is 19.6 Å². The van der Waals surface area contributed by atoms with Gasteiger partial charge in [0, 0.05) is 25.8 Å². The van der Waals surface area contributed by atoms with Crippen molar-refractivity contribution in [3.63, 3.8) is 0 Å². The van der Waals surface area contributed by atoms with Crippen molar-refractivity contribution in [2.75, 3.05) is 36.9 Å². The molecule has 2 heterocycles. The van der Waals surface area contributed by atoms with Gasteiger partial charge < -0.3 is 15.0 Å². The summed E-state index contributed by atoms with van der Waals surface area (Å²) in [4.78, 5) is 14.2. The molecule has 30 heavy (non-hydrogen) atoms. The van der Waals surface area contributed by atoms with Crippen molar-refractivity contribution in [3.8, 4) is 0 Å². The number of likely N-dealkylation sites (N-methyl/N-ethyl adjacent to an activating group) is 1. The molecule has 1 aliphatic rings. The standard InChI is InChI=1S/C19H23ClFN3O4S2/c1-12-9-24(10-13(2)28-12)16-5-4-14(8-15(16)21)22-18(25)11-23(3)30(26,27)19-7-6-17(20)29-19/h4-8,12-13H,9-11H2,1-3H3,(H,22,25). The number of hydrogen-bond acceptors (Lipinski definition) is 6. The Morgan fingerprint density at radius 2 is 1.97 bits per heavy atom. The number of nitrogens with zero attached hydrogens (tertiary/aromatic N) is 2. The van der Waals surface area contributed by atoms with Crippen LogP contribution < -0.4 is 10.2 Å². The van der Waals surface area contributed by atoms with Gasteiger partial charge in [-0.3, -0.25) is 4.79 Å². The summed E-state index contributed by atoms with van der Waals surface area (Å²) in [5.41, 5.74) is 0.685. The van der Waals surface area contributed by atoms with E-state index < -0.39 is 28.3 Å². The summed E-state index contributed by atoms with van der Waals surface area (Å²) in [7, 11) is -2.53. The minimum Gasteiger partial charge on any atom is -0.372 e. The molecular formula is C19H23ClFN3O4S2. The molecule has 1 fully saturated rings. The van der Waals surface area contributed by atoms with Crippen LogP contribution >= 0.6 is 22.9 Å². The lowest BCUT2D eigenvalue weighted by atomic mass is 10.2. The highest BCUT2D eigenvalue weighted by molar-refractivity contribution is 7.91. The van der Waals surface area contributed by atoms with Gasteiger partial charge in [-0.05, 0) is 44.2 Å². The number of ether oxygens (including phenoxy) is 1. The third kappa shape index (κ3) is 5.30. The number of anilines is 2. The first-order chi connectivity index (χ1) is 14.1. The molecule has 0 saturated carbocycles. The maximum atomic E-state index is 14.7. The van der Waals surface area contributed by atoms with Gasteiger partial charge in [0.15, 0.2) is 0 Å². The van der Waals surface area contributed by atoms with E-state index in [2.05, 4.69) is 5.32 Å². The quantitative estimate of drug-likeness (QED) is 0.692. The Morgan fingerprint density at radius 3 is 2.53 bits per heavy atom. The van der Waals surface area contributed by atoms with Crippen molar-refractivity contribution >= 4 is 50.2 Å². The fourth-order valence-electron chi connectivity index (χ4n) is 3.29. The zero-order chi connectivity index (χ0) is 22.1. The van der Waals surface area contributed by atoms with E-state index in [4.69, 9.17) is 16.3 Å². The third-order valence-corrected chi connectivity index (χ3v) is 8.07. The minimum absolute atomic E-state index is 0.0109. The van der Waals surface area contributed by atoms with E-state index in [-0.39, 0.29) is 22.1 Å². The van der Waals surface area contributed by atoms with E-state index in [9.17, 15) is 17.6 Å². The summed E-state index contributed by atoms with van der Waals surface area (Å²) in [6.45, 7) is 4.60. The summed E-state index contributed by atoms with van der Waals surface area (Å²) in [6.07, 6.45) is -0.0218. The SMILES string of the molecule is CC1CN(c2ccc(NC(=O)CN(C)S(=O)(=O)c3ccc(Cl)s3)cc2F)CC(C)O1. The molecule has 11 heteroatoms. The Morgan fingerprint density at radius 1 is 1.30 bits per heavy atom. The van der Waals surface area contributed by atoms with Crippen molar-refractivity contribution in [2.24, 2.45) is 0 Å². The number of carbonyl (C=O) groups is 1. The molecule has 2 atom stereocenters. The molecule has 0 spiro atoms. The summed E-state index contributed by atoms with van der Waals surface area (Å²) < 4.78 is 46.6. The molecule has 2 aromatic rings. The number of sulfonamides is 1. The number of hydrogen-bond donors (Lipinski definition) is 1. The second-order valence-electron chi connectivity index (χ2n) is 7.20. The zero-order valence-corrected chi connectivity index (χ0v) is 19.2. The summed E-state index contributed by atoms with van der Waals surface area (Å²) >= 11 is 6.71. The van der Waals surface area contributed by atoms with E-state index in [0.29, 0.717) is 23.1 Å². The van der Waals surface area contributed by atoms with Gasteiger partial charge in [0.05, 0.1) is 28.8 Å². The van der Waals surface area contributed by atoms with Gasteiger partial charge in [0.25, 0.3) is 10.0 Å². The fraction of sp³-hybridized carbons (Fsp3) is 0.421. The third-order valence-electron chi connectivity index (χ3n) is 4.57. The maximum Gasteiger partial charge on any atom is 0.252 e. The molecule has 7 nitrogen and oxygen atoms in total. The predicted octanol–water partition coefficient (Wildman–Crippen LogP) is 3.41. The van der Waals surface area contributed by atoms with Crippen molar-refractivity contribution < 1.29 is 22.3 Å². The second kappa shape index (κ2) is 9.19. The van der Waals surface area contributed by atoms with Gasteiger partial charge >= 0.3 is 0 Å². The molecule has 0 bridgehead atoms. The Bertz CT molecular complexity index is 1020. The topological polar surface area (TPSA) is 79.0 Å². The highest BCUT2D eigenvalue weighted by Gasteiger charge is 2.26. The van der Waals surface area contributed by atoms with Crippen LogP contribution in [0.25, 0.3) is 0 Å². The van der Waals surface area contributed by atoms with Crippen LogP contribution in [0.15, 0.2) is 34.5 Å². The molecule has 1 aromatic carbocycles. The number of carbonyl (C=O) groups excluding carboxylic acids is 1. The van der Waals surface area contributed by atoms with E-state index in [1.807, 2.05) is 18.7 Å². The molecule has 1 N–H and O–H groups in total. The molecule has 0 aliphatic carbocycles. The van der Waals surface area contributed by atoms with E-state index in [0.717, 1.165) is 15.6 Å². The molecule has 3 rings (SSSR count). The van der Waals surface area contributed by atoms with E-state index in [1.165, 1.54) is 25.2 Å². The summed E-state index contributed by atoms with van der Waals surface area (Å²) in [5.74, 6) is -1.05. The van der Waals surface area contributed by atoms with E-state index in [1.54, 1.807) is 12.1 Å². The van der Waals surface area contributed by atoms with Gasteiger partial charge in [-0.2, -0.15) is 4.31 Å². The molecule has 1 aromatic heterocycles. The molecule has 0 radical (unpaired) electrons. The normalized spacial score (nSPS) is 19.9. The lowest BCUT2D eigenvalue weighted by Crippen LogP contribution is -2.45. The van der Waals surface area contributed by atoms with Crippen LogP contribution in [0.3, 0.4) is 0 Å². The molecule has 164 valence electrons. The van der Waals surface area contributed by atoms with Crippen LogP contribution in [0.4, 0.5) is 15.8 Å². The molecule has 1 amide bonds. The van der Waals surface area contributed by atoms with Crippen molar-refractivity contribution in [2.45, 2.75) is 30.3 Å². The summed E-state index contributed by atoms with van der Waals surface area (Å²) in [6, 6.07) is 7.29. The first kappa shape index (κ1) is 23.0. The number of amides is 1. The van der Waals surface area contributed by atoms with Gasteiger partial charge in [-0.1, -0.05) is 11.6 Å². The second-order valence-corrected chi connectivity index (χ2v) is 11.2. The van der Waals surface area contributed by atoms with Gasteiger partial charge in [0.2, 0.25) is 5.91 Å². The Kier molecular flexibility index (Phi) is 7.03. The van der Waals surface area contributed by atoms with E-state index >= 15 is 0 Å². The first-order valence-electron chi connectivity index (χ1n) is 9.27. The number of rotatable bonds is 6. The lowest BCUT2D eigenvalue weighted by Gasteiger charge is -2.37. The Balaban J connectivity index is 1.65. The fourth-order valence-corrected chi connectivity index (χ4v) is 6.11. The molecule has 2 unspecified atom stereocenters. The van der Waals surface area contributed by atoms with Gasteiger partial charge in [-0.15, -0.1) is 11.3 Å². The van der Waals surface area contributed by atoms with Crippen LogP contribution in [0.1, 0.15) is 13.8 Å². The van der Waals surface area contributed by atoms with Crippen LogP contribution in [0.2, 0.25) is 4.34 Å². The smallest absolute Gasteiger partial charge is 0.252 e. The Hall–Kier alpha value is -1.72. The minimum atomic E-state index is -3.83. The van der Waals surface area contributed by atoms with Gasteiger partial charge in [0.1, 0.15) is 10.0 Å². The largest absolute Gasteiger partial charge is 0.372 e. The zero-order valence-electron chi connectivity index (χ0n) is 16.8. The van der Waals surface area contributed by atoms with Crippen LogP contribution in [0, 0.1) is 5.82 Å². The van der Waals surface area contributed by atoms with Crippen LogP contribution in [0.5, 0.6) is 0 Å². The maximum absolute atomic E-state index is 14.7. The van der Waals surface area contributed by atoms with Crippen molar-refractivity contribution in [3.05, 3.63) is 40.5 Å². The Labute approximate surface area is 184 Å². The first-order valence-corrected chi connectivity index (χ1v) is 11.9. The highest BCUT2D eigenvalue weighted by atomic mass is 35.5.